The van der Waals surface area contributed by atoms with E-state index in [1.54, 1.807) is 0 Å². The molecule has 328 valence electrons. The predicted molar refractivity (Wildman–Crippen MR) is 207 cm³/mol. The average molecular weight is 812 g/mol. The van der Waals surface area contributed by atoms with Crippen molar-refractivity contribution in [1.82, 2.24) is 5.32 Å². The van der Waals surface area contributed by atoms with E-state index < -0.39 is 74.1 Å². The normalized spacial score (nSPS) is 48.3. The Bertz CT molecular complexity index is 1370. The molecule has 0 aromatic rings. The molecule has 2 aliphatic heterocycles. The summed E-state index contributed by atoms with van der Waals surface area (Å²) in [5.74, 6) is 1.86. The van der Waals surface area contributed by atoms with Crippen molar-refractivity contribution in [3.8, 4) is 0 Å². The molecule has 0 aromatic carbocycles. The predicted octanol–water partition coefficient (Wildman–Crippen LogP) is 2.19. The van der Waals surface area contributed by atoms with Gasteiger partial charge in [-0.3, -0.25) is 9.59 Å². The van der Waals surface area contributed by atoms with E-state index in [0.29, 0.717) is 43.1 Å². The minimum absolute atomic E-state index is 0.0555. The molecule has 57 heavy (non-hydrogen) atoms. The molecule has 0 bridgehead atoms. The number of carbonyl (C=O) groups is 2. The number of nitrogens with one attached hydrogen (secondary N) is 1. The highest BCUT2D eigenvalue weighted by Crippen LogP contribution is 2.68. The third-order valence-electron chi connectivity index (χ3n) is 16.0. The van der Waals surface area contributed by atoms with Crippen molar-refractivity contribution < 1.29 is 64.3 Å². The number of hydrogen-bond donors (Lipinski definition) is 8. The second kappa shape index (κ2) is 18.4. The van der Waals surface area contributed by atoms with Crippen LogP contribution in [0.15, 0.2) is 0 Å². The summed E-state index contributed by atoms with van der Waals surface area (Å²) in [6, 6.07) is 0. The van der Waals surface area contributed by atoms with Gasteiger partial charge in [0.2, 0.25) is 5.91 Å². The van der Waals surface area contributed by atoms with E-state index in [4.69, 9.17) is 18.9 Å². The lowest BCUT2D eigenvalue weighted by Crippen LogP contribution is -2.64. The van der Waals surface area contributed by atoms with Gasteiger partial charge in [0, 0.05) is 25.3 Å². The van der Waals surface area contributed by atoms with Gasteiger partial charge in [0.25, 0.3) is 0 Å². The molecular formula is C43H73NO13. The van der Waals surface area contributed by atoms with Crippen LogP contribution in [0.4, 0.5) is 0 Å². The van der Waals surface area contributed by atoms with Crippen molar-refractivity contribution in [1.29, 1.82) is 0 Å². The molecule has 14 nitrogen and oxygen atoms in total. The van der Waals surface area contributed by atoms with Crippen molar-refractivity contribution in [3.63, 3.8) is 0 Å². The van der Waals surface area contributed by atoms with Gasteiger partial charge in [-0.15, -0.1) is 0 Å². The van der Waals surface area contributed by atoms with Crippen molar-refractivity contribution in [2.45, 2.75) is 192 Å². The zero-order valence-electron chi connectivity index (χ0n) is 34.9. The quantitative estimate of drug-likeness (QED) is 0.118. The molecule has 14 heteroatoms. The fraction of sp³-hybridized carbons (Fsp3) is 0.953. The summed E-state index contributed by atoms with van der Waals surface area (Å²) in [6.07, 6.45) is -4.57. The number of fused-ring (bicyclic) bond motifs is 5. The van der Waals surface area contributed by atoms with Gasteiger partial charge in [-0.2, -0.15) is 0 Å². The number of aliphatic hydroxyl groups excluding tert-OH is 7. The first kappa shape index (κ1) is 45.2. The molecule has 2 heterocycles. The zero-order valence-corrected chi connectivity index (χ0v) is 34.9. The van der Waals surface area contributed by atoms with Crippen molar-refractivity contribution in [2.75, 3.05) is 13.2 Å². The lowest BCUT2D eigenvalue weighted by atomic mass is 9.44. The maximum atomic E-state index is 13.6. The van der Waals surface area contributed by atoms with Gasteiger partial charge in [0.1, 0.15) is 48.5 Å². The van der Waals surface area contributed by atoms with Crippen LogP contribution in [0.2, 0.25) is 0 Å². The Kier molecular flexibility index (Phi) is 14.6. The minimum atomic E-state index is -1.63. The van der Waals surface area contributed by atoms with Gasteiger partial charge in [0.15, 0.2) is 12.6 Å². The second-order valence-corrected chi connectivity index (χ2v) is 19.5. The summed E-state index contributed by atoms with van der Waals surface area (Å²) < 4.78 is 23.7. The molecule has 6 aliphatic rings. The second-order valence-electron chi connectivity index (χ2n) is 19.5. The molecule has 0 spiro atoms. The van der Waals surface area contributed by atoms with Crippen LogP contribution in [0, 0.1) is 52.3 Å². The first-order valence-corrected chi connectivity index (χ1v) is 22.1. The summed E-state index contributed by atoms with van der Waals surface area (Å²) in [4.78, 5) is 25.6. The SMILES string of the molecule is CCCC(=O)NCC(C)CCC(=O)[C@@H](C)C1[C@H](O)C[C@H]2[C@@H]3CCC4C[C@@H](O[C@@H]5O[C@H](CO)[C@@H](O[C@@H]6O[C@H](C)[C@H](O)[C@@H](O)[C@H]6O)[C@H](O)[C@H]5O)CC[C@]4(C)[C@H]3CC[C@]12C. The van der Waals surface area contributed by atoms with Crippen LogP contribution in [0.3, 0.4) is 0 Å². The highest BCUT2D eigenvalue weighted by Gasteiger charge is 2.63. The zero-order chi connectivity index (χ0) is 41.6. The minimum Gasteiger partial charge on any atom is -0.394 e. The molecule has 0 radical (unpaired) electrons. The van der Waals surface area contributed by atoms with E-state index >= 15 is 0 Å². The number of amides is 1. The highest BCUT2D eigenvalue weighted by atomic mass is 16.7. The largest absolute Gasteiger partial charge is 0.394 e. The monoisotopic (exact) mass is 812 g/mol. The van der Waals surface area contributed by atoms with Crippen molar-refractivity contribution >= 4 is 11.7 Å². The van der Waals surface area contributed by atoms with E-state index in [0.717, 1.165) is 64.2 Å². The smallest absolute Gasteiger partial charge is 0.219 e. The lowest BCUT2D eigenvalue weighted by molar-refractivity contribution is -0.361. The topological polar surface area (TPSA) is 225 Å². The summed E-state index contributed by atoms with van der Waals surface area (Å²) in [5.41, 5.74) is -0.0367. The number of ether oxygens (including phenoxy) is 4. The Hall–Kier alpha value is -1.30. The van der Waals surface area contributed by atoms with Gasteiger partial charge < -0.3 is 60.0 Å². The number of carbonyl (C=O) groups excluding carboxylic acids is 2. The van der Waals surface area contributed by atoms with Crippen molar-refractivity contribution in [3.05, 3.63) is 0 Å². The van der Waals surface area contributed by atoms with Crippen LogP contribution < -0.4 is 5.32 Å². The molecule has 8 N–H and O–H groups in total. The Balaban J connectivity index is 1.03. The Morgan fingerprint density at radius 3 is 2.19 bits per heavy atom. The highest BCUT2D eigenvalue weighted by molar-refractivity contribution is 5.81. The van der Waals surface area contributed by atoms with Crippen LogP contribution >= 0.6 is 0 Å². The fourth-order valence-electron chi connectivity index (χ4n) is 12.6. The number of ketones is 1. The van der Waals surface area contributed by atoms with Gasteiger partial charge in [0.05, 0.1) is 24.9 Å². The Labute approximate surface area is 338 Å². The molecule has 6 rings (SSSR count). The summed E-state index contributed by atoms with van der Waals surface area (Å²) in [6.45, 7) is 12.3. The van der Waals surface area contributed by atoms with E-state index in [1.165, 1.54) is 6.92 Å². The fourth-order valence-corrected chi connectivity index (χ4v) is 12.6. The first-order chi connectivity index (χ1) is 26.9. The third-order valence-corrected chi connectivity index (χ3v) is 16.0. The molecule has 21 atom stereocenters. The molecular weight excluding hydrogens is 738 g/mol. The van der Waals surface area contributed by atoms with E-state index in [9.17, 15) is 45.3 Å². The summed E-state index contributed by atoms with van der Waals surface area (Å²) in [7, 11) is 0. The average Bonchev–Trinajstić information content (AvgIpc) is 3.46. The Morgan fingerprint density at radius 2 is 1.49 bits per heavy atom. The van der Waals surface area contributed by atoms with Crippen LogP contribution in [0.25, 0.3) is 0 Å². The number of rotatable bonds is 14. The molecule has 3 unspecified atom stereocenters. The standard InChI is InChI=1S/C43H73NO13/c1-7-8-32(48)44-19-21(2)9-12-29(46)22(3)33-30(47)18-28-26-11-10-24-17-25(13-15-42(24,5)27(26)14-16-43(28,33)6)55-41-38(53)36(51)39(31(20-45)56-41)57-40-37(52)35(50)34(49)23(4)54-40/h21-28,30-31,33-41,45,47,49-53H,7-20H2,1-6H3,(H,44,48)/t21?,22-,23-,24?,25+,26-,27+,28+,30-,31-,33?,34+,35-,36-,37-,38-,39-,40+,41-,42+,43+/m1/s1. The van der Waals surface area contributed by atoms with Gasteiger partial charge in [-0.1, -0.05) is 34.6 Å². The van der Waals surface area contributed by atoms with Crippen LogP contribution in [-0.2, 0) is 28.5 Å². The van der Waals surface area contributed by atoms with E-state index in [2.05, 4.69) is 26.1 Å². The molecule has 6 fully saturated rings. The van der Waals surface area contributed by atoms with Crippen LogP contribution in [-0.4, -0.2) is 134 Å². The van der Waals surface area contributed by atoms with Crippen molar-refractivity contribution in [2.24, 2.45) is 52.3 Å². The number of aliphatic hydroxyl groups is 7. The number of Topliss-reactive ketones (excluding diaryl/α,β-unsaturated/α-hetero) is 1. The maximum Gasteiger partial charge on any atom is 0.219 e. The van der Waals surface area contributed by atoms with Gasteiger partial charge in [-0.05, 0) is 117 Å². The third kappa shape index (κ3) is 8.89. The molecule has 0 aromatic heterocycles. The summed E-state index contributed by atoms with van der Waals surface area (Å²) >= 11 is 0. The lowest BCUT2D eigenvalue weighted by Gasteiger charge is -2.61. The summed E-state index contributed by atoms with van der Waals surface area (Å²) in [5, 5.41) is 77.8. The van der Waals surface area contributed by atoms with Gasteiger partial charge in [-0.25, -0.2) is 0 Å². The van der Waals surface area contributed by atoms with Crippen LogP contribution in [0.5, 0.6) is 0 Å². The van der Waals surface area contributed by atoms with Gasteiger partial charge >= 0.3 is 0 Å². The molecule has 4 aliphatic carbocycles. The van der Waals surface area contributed by atoms with E-state index in [1.807, 2.05) is 13.8 Å². The van der Waals surface area contributed by atoms with Crippen LogP contribution in [0.1, 0.15) is 119 Å². The van der Waals surface area contributed by atoms with E-state index in [-0.39, 0.29) is 46.4 Å². The molecule has 2 saturated heterocycles. The number of hydrogen-bond acceptors (Lipinski definition) is 13. The molecule has 1 amide bonds. The Morgan fingerprint density at radius 1 is 0.807 bits per heavy atom. The first-order valence-electron chi connectivity index (χ1n) is 22.1. The maximum absolute atomic E-state index is 13.6. The molecule has 4 saturated carbocycles.